The molecule has 29 heavy (non-hydrogen) atoms. The fourth-order valence-electron chi connectivity index (χ4n) is 3.08. The van der Waals surface area contributed by atoms with E-state index in [4.69, 9.17) is 32.5 Å². The summed E-state index contributed by atoms with van der Waals surface area (Å²) in [6.45, 7) is 3.32. The van der Waals surface area contributed by atoms with E-state index in [9.17, 15) is 0 Å². The maximum absolute atomic E-state index is 8.49. The highest BCUT2D eigenvalue weighted by atomic mass is 35.7. The van der Waals surface area contributed by atoms with Crippen LogP contribution >= 0.6 is 0 Å². The van der Waals surface area contributed by atoms with Crippen LogP contribution in [0.3, 0.4) is 0 Å². The second kappa shape index (κ2) is 9.36. The molecule has 2 aromatic carbocycles. The monoisotopic (exact) mass is 421 g/mol. The molecule has 154 valence electrons. The first-order chi connectivity index (χ1) is 13.8. The number of ether oxygens (including phenoxy) is 2. The largest absolute Gasteiger partial charge is 0.497 e. The molecule has 1 aliphatic heterocycles. The highest BCUT2D eigenvalue weighted by Gasteiger charge is 2.16. The Morgan fingerprint density at radius 1 is 0.931 bits per heavy atom. The average Bonchev–Trinajstić information content (AvgIpc) is 2.72. The molecule has 0 amide bonds. The van der Waals surface area contributed by atoms with E-state index in [0.717, 1.165) is 54.3 Å². The van der Waals surface area contributed by atoms with Crippen LogP contribution in [0.2, 0.25) is 0 Å². The molecule has 1 aromatic heterocycles. The van der Waals surface area contributed by atoms with Crippen LogP contribution in [-0.4, -0.2) is 33.4 Å². The lowest BCUT2D eigenvalue weighted by Crippen LogP contribution is -2.68. The third-order valence-corrected chi connectivity index (χ3v) is 4.38. The first-order valence-corrected chi connectivity index (χ1v) is 10.0. The molecule has 1 aliphatic rings. The van der Waals surface area contributed by atoms with Gasteiger partial charge < -0.3 is 13.9 Å². The summed E-state index contributed by atoms with van der Waals surface area (Å²) in [6.07, 6.45) is 0. The highest BCUT2D eigenvalue weighted by molar-refractivity contribution is 5.78. The maximum atomic E-state index is 8.49. The number of benzene rings is 2. The number of fused-ring (bicyclic) bond motifs is 1. The molecule has 0 saturated carbocycles. The smallest absolute Gasteiger partial charge is 0.214 e. The minimum Gasteiger partial charge on any atom is -0.497 e. The fourth-order valence-corrected chi connectivity index (χ4v) is 3.08. The summed E-state index contributed by atoms with van der Waals surface area (Å²) in [5.74, 6) is 1.70. The quantitative estimate of drug-likeness (QED) is 0.444. The Hall–Kier alpha value is -2.46. The van der Waals surface area contributed by atoms with Gasteiger partial charge in [0.2, 0.25) is 5.36 Å². The van der Waals surface area contributed by atoms with Crippen molar-refractivity contribution in [3.63, 3.8) is 0 Å². The van der Waals surface area contributed by atoms with Gasteiger partial charge in [-0.15, -0.1) is 10.2 Å². The van der Waals surface area contributed by atoms with Gasteiger partial charge >= 0.3 is 0 Å². The van der Waals surface area contributed by atoms with Crippen molar-refractivity contribution in [3.05, 3.63) is 60.0 Å². The molecule has 0 radical (unpaired) electrons. The van der Waals surface area contributed by atoms with E-state index in [2.05, 4.69) is 22.8 Å². The van der Waals surface area contributed by atoms with Crippen LogP contribution in [0, 0.1) is 10.2 Å². The molecule has 1 fully saturated rings. The Kier molecular flexibility index (Phi) is 6.86. The van der Waals surface area contributed by atoms with E-state index in [-0.39, 0.29) is 0 Å². The van der Waals surface area contributed by atoms with E-state index in [1.165, 1.54) is 5.36 Å². The van der Waals surface area contributed by atoms with Crippen molar-refractivity contribution < 1.29 is 42.8 Å². The molecule has 2 heterocycles. The molecule has 1 saturated heterocycles. The van der Waals surface area contributed by atoms with Crippen molar-refractivity contribution in [2.24, 2.45) is 0 Å². The first kappa shape index (κ1) is 21.3. The molecular weight excluding hydrogens is 402 g/mol. The van der Waals surface area contributed by atoms with Gasteiger partial charge in [0.15, 0.2) is 13.1 Å². The van der Waals surface area contributed by atoms with E-state index >= 15 is 0 Å². The van der Waals surface area contributed by atoms with Crippen molar-refractivity contribution in [2.45, 2.75) is 0 Å². The van der Waals surface area contributed by atoms with Crippen molar-refractivity contribution in [2.75, 3.05) is 33.4 Å². The summed E-state index contributed by atoms with van der Waals surface area (Å²) in [7, 11) is -3.27. The SMILES string of the molecule is COc1ccc(-c2cc(=[N+]3CCOCC3)c3ccccc3o2)cc1.[O-][Cl+3]([O-])([O-])[O-]. The number of hydrogen-bond donors (Lipinski definition) is 0. The number of morpholine rings is 1. The van der Waals surface area contributed by atoms with Gasteiger partial charge in [0, 0.05) is 5.56 Å². The number of hydrogen-bond acceptors (Lipinski definition) is 7. The van der Waals surface area contributed by atoms with E-state index < -0.39 is 10.2 Å². The number of para-hydroxylation sites is 1. The van der Waals surface area contributed by atoms with Crippen molar-refractivity contribution in [1.29, 1.82) is 0 Å². The van der Waals surface area contributed by atoms with Crippen molar-refractivity contribution in [1.82, 2.24) is 4.58 Å². The summed E-state index contributed by atoms with van der Waals surface area (Å²) >= 11 is 0. The van der Waals surface area contributed by atoms with Crippen LogP contribution in [0.5, 0.6) is 5.75 Å². The predicted octanol–water partition coefficient (Wildman–Crippen LogP) is -1.85. The standard InChI is InChI=1S/C20H20NO3.ClHO4/c1-22-16-8-6-15(7-9-16)20-14-18(21-10-12-23-13-11-21)17-4-2-3-5-19(17)24-20;2-1(3,4)5/h2-9,14H,10-13H2,1H3;(H,2,3,4,5)/q+1;/p-1. The summed E-state index contributed by atoms with van der Waals surface area (Å²) in [5, 5.41) is 2.34. The Labute approximate surface area is 169 Å². The molecule has 0 bridgehead atoms. The normalized spacial score (nSPS) is 14.3. The van der Waals surface area contributed by atoms with Crippen molar-refractivity contribution >= 4 is 11.0 Å². The molecule has 4 rings (SSSR count). The fraction of sp³-hybridized carbons (Fsp3) is 0.250. The molecule has 0 aliphatic carbocycles. The zero-order valence-electron chi connectivity index (χ0n) is 15.7. The van der Waals surface area contributed by atoms with Crippen LogP contribution in [-0.2, 0) is 4.74 Å². The summed E-state index contributed by atoms with van der Waals surface area (Å²) in [4.78, 5) is 0. The average molecular weight is 422 g/mol. The third-order valence-electron chi connectivity index (χ3n) is 4.38. The maximum Gasteiger partial charge on any atom is 0.214 e. The van der Waals surface area contributed by atoms with E-state index in [1.54, 1.807) is 7.11 Å². The molecule has 9 heteroatoms. The van der Waals surface area contributed by atoms with Gasteiger partial charge in [0.25, 0.3) is 0 Å². The van der Waals surface area contributed by atoms with Gasteiger partial charge in [-0.3, -0.25) is 0 Å². The lowest BCUT2D eigenvalue weighted by atomic mass is 10.1. The molecular formula is C20H20ClNO7. The van der Waals surface area contributed by atoms with Gasteiger partial charge in [0.05, 0.1) is 18.6 Å². The Bertz CT molecular complexity index is 1010. The molecule has 0 unspecified atom stereocenters. The topological polar surface area (TPSA) is 127 Å². The number of nitrogens with zero attached hydrogens (tertiary/aromatic N) is 1. The molecule has 3 aromatic rings. The van der Waals surface area contributed by atoms with Gasteiger partial charge in [-0.25, -0.2) is 23.2 Å². The minimum absolute atomic E-state index is 0.762. The zero-order chi connectivity index (χ0) is 20.9. The molecule has 8 nitrogen and oxygen atoms in total. The summed E-state index contributed by atoms with van der Waals surface area (Å²) < 4.78 is 53.2. The number of halogens is 1. The number of methoxy groups -OCH3 is 1. The van der Waals surface area contributed by atoms with Gasteiger partial charge in [0.1, 0.15) is 30.3 Å². The Balaban J connectivity index is 0.000000431. The van der Waals surface area contributed by atoms with Crippen LogP contribution < -0.4 is 33.3 Å². The van der Waals surface area contributed by atoms with Crippen molar-refractivity contribution in [3.8, 4) is 17.1 Å². The lowest BCUT2D eigenvalue weighted by molar-refractivity contribution is -2.00. The van der Waals surface area contributed by atoms with Gasteiger partial charge in [-0.2, -0.15) is 0 Å². The first-order valence-electron chi connectivity index (χ1n) is 8.80. The summed E-state index contributed by atoms with van der Waals surface area (Å²) in [5.41, 5.74) is 1.93. The van der Waals surface area contributed by atoms with E-state index in [1.807, 2.05) is 36.4 Å². The van der Waals surface area contributed by atoms with Crippen LogP contribution in [0.15, 0.2) is 59.0 Å². The zero-order valence-corrected chi connectivity index (χ0v) is 16.5. The third kappa shape index (κ3) is 6.01. The van der Waals surface area contributed by atoms with Crippen LogP contribution in [0.4, 0.5) is 0 Å². The molecule has 0 atom stereocenters. The highest BCUT2D eigenvalue weighted by Crippen LogP contribution is 2.24. The lowest BCUT2D eigenvalue weighted by Gasteiger charge is -2.17. The van der Waals surface area contributed by atoms with Crippen LogP contribution in [0.1, 0.15) is 0 Å². The van der Waals surface area contributed by atoms with Gasteiger partial charge in [-0.1, -0.05) is 12.1 Å². The molecule has 0 N–H and O–H groups in total. The molecule has 0 spiro atoms. The summed E-state index contributed by atoms with van der Waals surface area (Å²) in [6, 6.07) is 18.3. The Morgan fingerprint density at radius 3 is 2.17 bits per heavy atom. The predicted molar refractivity (Wildman–Crippen MR) is 94.0 cm³/mol. The minimum atomic E-state index is -4.94. The van der Waals surface area contributed by atoms with Crippen LogP contribution in [0.25, 0.3) is 22.3 Å². The Morgan fingerprint density at radius 2 is 1.55 bits per heavy atom. The second-order valence-electron chi connectivity index (χ2n) is 6.20. The second-order valence-corrected chi connectivity index (χ2v) is 6.95. The number of rotatable bonds is 2. The van der Waals surface area contributed by atoms with E-state index in [0.29, 0.717) is 0 Å². The van der Waals surface area contributed by atoms with Gasteiger partial charge in [-0.05, 0) is 36.4 Å².